The van der Waals surface area contributed by atoms with Gasteiger partial charge in [0, 0.05) is 25.2 Å². The predicted molar refractivity (Wildman–Crippen MR) is 106 cm³/mol. The minimum Gasteiger partial charge on any atom is -0.508 e. The summed E-state index contributed by atoms with van der Waals surface area (Å²) in [5.74, 6) is 2.31. The van der Waals surface area contributed by atoms with E-state index in [1.165, 1.54) is 12.1 Å². The van der Waals surface area contributed by atoms with Crippen LogP contribution in [0.4, 0.5) is 0 Å². The normalized spacial score (nSPS) is 12.5. The van der Waals surface area contributed by atoms with Crippen molar-refractivity contribution in [3.63, 3.8) is 0 Å². The fourth-order valence-electron chi connectivity index (χ4n) is 2.50. The number of carbonyl (C=O) groups is 1. The molecule has 0 aliphatic rings. The monoisotopic (exact) mass is 372 g/mol. The summed E-state index contributed by atoms with van der Waals surface area (Å²) < 4.78 is 5.63. The Labute approximate surface area is 159 Å². The van der Waals surface area contributed by atoms with Gasteiger partial charge in [-0.25, -0.2) is 0 Å². The highest BCUT2D eigenvalue weighted by molar-refractivity contribution is 5.94. The number of phenolic OH excluding ortho intramolecular Hbond substituents is 1. The second-order valence-corrected chi connectivity index (χ2v) is 6.23. The average Bonchev–Trinajstić information content (AvgIpc) is 3.08. The van der Waals surface area contributed by atoms with Crippen LogP contribution in [-0.4, -0.2) is 36.6 Å². The van der Waals surface area contributed by atoms with Gasteiger partial charge in [0.05, 0.1) is 6.04 Å². The molecule has 2 aromatic rings. The Morgan fingerprint density at radius 2 is 2.07 bits per heavy atom. The lowest BCUT2D eigenvalue weighted by molar-refractivity contribution is 0.0953. The first-order valence-corrected chi connectivity index (χ1v) is 9.18. The molecule has 1 atom stereocenters. The molecule has 4 N–H and O–H groups in total. The summed E-state index contributed by atoms with van der Waals surface area (Å²) >= 11 is 0. The van der Waals surface area contributed by atoms with Gasteiger partial charge in [-0.3, -0.25) is 9.79 Å². The molecule has 2 rings (SSSR count). The SMILES string of the molecule is CCNC(=NCCCNC(=O)c1cccc(O)c1)NC(C)c1ccc(C)o1. The zero-order chi connectivity index (χ0) is 19.6. The van der Waals surface area contributed by atoms with E-state index < -0.39 is 0 Å². The Morgan fingerprint density at radius 1 is 1.26 bits per heavy atom. The minimum absolute atomic E-state index is 0.00182. The first-order chi connectivity index (χ1) is 13.0. The molecule has 0 radical (unpaired) electrons. The van der Waals surface area contributed by atoms with Crippen molar-refractivity contribution in [2.75, 3.05) is 19.6 Å². The number of aryl methyl sites for hydroxylation is 1. The number of rotatable bonds is 8. The van der Waals surface area contributed by atoms with Crippen molar-refractivity contribution in [3.05, 3.63) is 53.5 Å². The van der Waals surface area contributed by atoms with E-state index in [4.69, 9.17) is 4.42 Å². The molecule has 0 spiro atoms. The van der Waals surface area contributed by atoms with Gasteiger partial charge in [-0.1, -0.05) is 6.07 Å². The maximum Gasteiger partial charge on any atom is 0.251 e. The quantitative estimate of drug-likeness (QED) is 0.324. The van der Waals surface area contributed by atoms with E-state index in [-0.39, 0.29) is 17.7 Å². The summed E-state index contributed by atoms with van der Waals surface area (Å²) in [7, 11) is 0. The van der Waals surface area contributed by atoms with Gasteiger partial charge in [0.2, 0.25) is 0 Å². The Morgan fingerprint density at radius 3 is 2.74 bits per heavy atom. The second-order valence-electron chi connectivity index (χ2n) is 6.23. The molecule has 0 aliphatic carbocycles. The van der Waals surface area contributed by atoms with Gasteiger partial charge in [-0.2, -0.15) is 0 Å². The molecule has 146 valence electrons. The van der Waals surface area contributed by atoms with Crippen molar-refractivity contribution in [1.29, 1.82) is 0 Å². The molecule has 1 aromatic carbocycles. The Hall–Kier alpha value is -2.96. The minimum atomic E-state index is -0.207. The summed E-state index contributed by atoms with van der Waals surface area (Å²) in [5, 5.41) is 18.8. The van der Waals surface area contributed by atoms with Gasteiger partial charge in [0.15, 0.2) is 5.96 Å². The van der Waals surface area contributed by atoms with Crippen LogP contribution in [-0.2, 0) is 0 Å². The molecular formula is C20H28N4O3. The summed E-state index contributed by atoms with van der Waals surface area (Å²) in [5.41, 5.74) is 0.441. The van der Waals surface area contributed by atoms with Gasteiger partial charge in [0.25, 0.3) is 5.91 Å². The van der Waals surface area contributed by atoms with E-state index in [1.807, 2.05) is 32.9 Å². The highest BCUT2D eigenvalue weighted by Crippen LogP contribution is 2.15. The number of phenols is 1. The number of nitrogens with zero attached hydrogens (tertiary/aromatic N) is 1. The Balaban J connectivity index is 1.78. The summed E-state index contributed by atoms with van der Waals surface area (Å²) in [4.78, 5) is 16.5. The lowest BCUT2D eigenvalue weighted by Crippen LogP contribution is -2.38. The number of amides is 1. The molecule has 1 aromatic heterocycles. The zero-order valence-electron chi connectivity index (χ0n) is 16.1. The van der Waals surface area contributed by atoms with E-state index in [9.17, 15) is 9.90 Å². The maximum absolute atomic E-state index is 12.0. The number of guanidine groups is 1. The highest BCUT2D eigenvalue weighted by atomic mass is 16.3. The van der Waals surface area contributed by atoms with E-state index in [1.54, 1.807) is 12.1 Å². The number of aromatic hydroxyl groups is 1. The van der Waals surface area contributed by atoms with Crippen molar-refractivity contribution >= 4 is 11.9 Å². The summed E-state index contributed by atoms with van der Waals surface area (Å²) in [6.07, 6.45) is 0.704. The third kappa shape index (κ3) is 6.69. The van der Waals surface area contributed by atoms with Crippen molar-refractivity contribution in [1.82, 2.24) is 16.0 Å². The topological polar surface area (TPSA) is 98.9 Å². The van der Waals surface area contributed by atoms with Crippen molar-refractivity contribution < 1.29 is 14.3 Å². The van der Waals surface area contributed by atoms with Crippen molar-refractivity contribution in [2.24, 2.45) is 4.99 Å². The van der Waals surface area contributed by atoms with Gasteiger partial charge in [0.1, 0.15) is 17.3 Å². The van der Waals surface area contributed by atoms with Crippen LogP contribution >= 0.6 is 0 Å². The van der Waals surface area contributed by atoms with E-state index in [0.29, 0.717) is 31.0 Å². The fraction of sp³-hybridized carbons (Fsp3) is 0.400. The van der Waals surface area contributed by atoms with Gasteiger partial charge in [-0.15, -0.1) is 0 Å². The van der Waals surface area contributed by atoms with Crippen LogP contribution in [0, 0.1) is 6.92 Å². The highest BCUT2D eigenvalue weighted by Gasteiger charge is 2.11. The van der Waals surface area contributed by atoms with Crippen LogP contribution in [0.3, 0.4) is 0 Å². The molecule has 1 heterocycles. The summed E-state index contributed by atoms with van der Waals surface area (Å²) in [6, 6.07) is 10.2. The van der Waals surface area contributed by atoms with Crippen molar-refractivity contribution in [3.8, 4) is 5.75 Å². The van der Waals surface area contributed by atoms with E-state index in [0.717, 1.165) is 18.1 Å². The maximum atomic E-state index is 12.0. The van der Waals surface area contributed by atoms with E-state index in [2.05, 4.69) is 20.9 Å². The number of carbonyl (C=O) groups excluding carboxylic acids is 1. The molecular weight excluding hydrogens is 344 g/mol. The van der Waals surface area contributed by atoms with Crippen molar-refractivity contribution in [2.45, 2.75) is 33.2 Å². The molecule has 0 saturated heterocycles. The van der Waals surface area contributed by atoms with Crippen LogP contribution in [0.5, 0.6) is 5.75 Å². The molecule has 0 saturated carbocycles. The van der Waals surface area contributed by atoms with E-state index >= 15 is 0 Å². The van der Waals surface area contributed by atoms with Crippen LogP contribution < -0.4 is 16.0 Å². The summed E-state index contributed by atoms with van der Waals surface area (Å²) in [6.45, 7) is 7.77. The average molecular weight is 372 g/mol. The van der Waals surface area contributed by atoms with Crippen LogP contribution in [0.2, 0.25) is 0 Å². The second kappa shape index (κ2) is 10.3. The number of aliphatic imine (C=N–C) groups is 1. The predicted octanol–water partition coefficient (Wildman–Crippen LogP) is 2.73. The number of furan rings is 1. The fourth-order valence-corrected chi connectivity index (χ4v) is 2.50. The Bertz CT molecular complexity index is 770. The number of benzene rings is 1. The molecule has 1 unspecified atom stereocenters. The smallest absolute Gasteiger partial charge is 0.251 e. The van der Waals surface area contributed by atoms with Gasteiger partial charge in [-0.05, 0) is 57.5 Å². The molecule has 27 heavy (non-hydrogen) atoms. The zero-order valence-corrected chi connectivity index (χ0v) is 16.1. The molecule has 0 fully saturated rings. The molecule has 1 amide bonds. The number of hydrogen-bond acceptors (Lipinski definition) is 4. The third-order valence-corrected chi connectivity index (χ3v) is 3.88. The van der Waals surface area contributed by atoms with Gasteiger partial charge < -0.3 is 25.5 Å². The molecule has 7 nitrogen and oxygen atoms in total. The first-order valence-electron chi connectivity index (χ1n) is 9.18. The molecule has 7 heteroatoms. The molecule has 0 bridgehead atoms. The standard InChI is InChI=1S/C20H28N4O3/c1-4-21-20(24-15(3)18-10-9-14(2)27-18)23-12-6-11-22-19(26)16-7-5-8-17(25)13-16/h5,7-10,13,15,25H,4,6,11-12H2,1-3H3,(H,22,26)(H2,21,23,24). The van der Waals surface area contributed by atoms with Crippen LogP contribution in [0.25, 0.3) is 0 Å². The first kappa shape index (κ1) is 20.4. The van der Waals surface area contributed by atoms with Gasteiger partial charge >= 0.3 is 0 Å². The van der Waals surface area contributed by atoms with Crippen LogP contribution in [0.1, 0.15) is 48.2 Å². The lowest BCUT2D eigenvalue weighted by atomic mass is 10.2. The van der Waals surface area contributed by atoms with Crippen LogP contribution in [0.15, 0.2) is 45.8 Å². The number of nitrogens with one attached hydrogen (secondary N) is 3. The third-order valence-electron chi connectivity index (χ3n) is 3.88. The molecule has 0 aliphatic heterocycles. The largest absolute Gasteiger partial charge is 0.508 e. The Kier molecular flexibility index (Phi) is 7.73. The number of hydrogen-bond donors (Lipinski definition) is 4. The lowest BCUT2D eigenvalue weighted by Gasteiger charge is -2.16.